The topological polar surface area (TPSA) is 32.3 Å². The second-order valence-electron chi connectivity index (χ2n) is 4.60. The van der Waals surface area contributed by atoms with Gasteiger partial charge < -0.3 is 10.2 Å². The summed E-state index contributed by atoms with van der Waals surface area (Å²) in [6.07, 6.45) is -2.64. The van der Waals surface area contributed by atoms with E-state index in [1.54, 1.807) is 4.90 Å². The number of hydrogen-bond acceptors (Lipinski definition) is 2. The maximum atomic E-state index is 12.9. The summed E-state index contributed by atoms with van der Waals surface area (Å²) >= 11 is 5.79. The van der Waals surface area contributed by atoms with E-state index in [1.807, 2.05) is 0 Å². The molecule has 20 heavy (non-hydrogen) atoms. The molecule has 1 aliphatic rings. The summed E-state index contributed by atoms with van der Waals surface area (Å²) in [7, 11) is 0. The van der Waals surface area contributed by atoms with Crippen molar-refractivity contribution >= 4 is 23.2 Å². The first kappa shape index (κ1) is 15.0. The Morgan fingerprint density at radius 2 is 1.95 bits per heavy atom. The van der Waals surface area contributed by atoms with Crippen molar-refractivity contribution in [3.63, 3.8) is 0 Å². The molecule has 0 spiro atoms. The number of carbonyl (C=O) groups excluding carboxylic acids is 1. The molecule has 0 bridgehead atoms. The highest BCUT2D eigenvalue weighted by molar-refractivity contribution is 6.33. The van der Waals surface area contributed by atoms with Gasteiger partial charge in [0.05, 0.1) is 22.8 Å². The van der Waals surface area contributed by atoms with Gasteiger partial charge in [0.2, 0.25) is 5.91 Å². The van der Waals surface area contributed by atoms with Crippen LogP contribution in [0.25, 0.3) is 0 Å². The lowest BCUT2D eigenvalue weighted by Crippen LogP contribution is -2.33. The zero-order valence-corrected chi connectivity index (χ0v) is 11.4. The summed E-state index contributed by atoms with van der Waals surface area (Å²) in [6, 6.07) is 3.53. The minimum atomic E-state index is -4.51. The van der Waals surface area contributed by atoms with Gasteiger partial charge in [-0.15, -0.1) is 0 Å². The van der Waals surface area contributed by atoms with Gasteiger partial charge in [-0.3, -0.25) is 4.79 Å². The van der Waals surface area contributed by atoms with Crippen molar-refractivity contribution < 1.29 is 18.0 Å². The van der Waals surface area contributed by atoms with Crippen molar-refractivity contribution in [2.24, 2.45) is 0 Å². The molecule has 0 radical (unpaired) electrons. The predicted octanol–water partition coefficient (Wildman–Crippen LogP) is 3.39. The normalized spacial score (nSPS) is 15.5. The van der Waals surface area contributed by atoms with Crippen molar-refractivity contribution in [3.05, 3.63) is 28.8 Å². The Hall–Kier alpha value is -1.43. The second-order valence-corrected chi connectivity index (χ2v) is 5.01. The maximum Gasteiger partial charge on any atom is 0.418 e. The molecule has 1 saturated heterocycles. The van der Waals surface area contributed by atoms with Crippen molar-refractivity contribution in [2.45, 2.75) is 19.0 Å². The van der Waals surface area contributed by atoms with E-state index >= 15 is 0 Å². The summed E-state index contributed by atoms with van der Waals surface area (Å²) in [5.41, 5.74) is -1.10. The molecule has 110 valence electrons. The zero-order valence-electron chi connectivity index (χ0n) is 10.6. The van der Waals surface area contributed by atoms with Gasteiger partial charge in [0, 0.05) is 13.1 Å². The molecule has 2 rings (SSSR count). The van der Waals surface area contributed by atoms with Gasteiger partial charge in [0.1, 0.15) is 0 Å². The fraction of sp³-hybridized carbons (Fsp3) is 0.462. The van der Waals surface area contributed by atoms with Crippen LogP contribution in [0, 0.1) is 0 Å². The maximum absolute atomic E-state index is 12.9. The van der Waals surface area contributed by atoms with Crippen LogP contribution >= 0.6 is 11.6 Å². The number of alkyl halides is 3. The van der Waals surface area contributed by atoms with Crippen LogP contribution in [0.3, 0.4) is 0 Å². The fourth-order valence-electron chi connectivity index (χ4n) is 2.18. The Bertz CT molecular complexity index is 499. The van der Waals surface area contributed by atoms with E-state index in [-0.39, 0.29) is 23.2 Å². The Balaban J connectivity index is 2.10. The fourth-order valence-corrected chi connectivity index (χ4v) is 2.42. The highest BCUT2D eigenvalue weighted by Crippen LogP contribution is 2.38. The number of nitrogens with one attached hydrogen (secondary N) is 1. The predicted molar refractivity (Wildman–Crippen MR) is 70.8 cm³/mol. The number of benzene rings is 1. The number of rotatable bonds is 3. The average Bonchev–Trinajstić information content (AvgIpc) is 2.89. The van der Waals surface area contributed by atoms with E-state index < -0.39 is 11.7 Å². The first-order valence-electron chi connectivity index (χ1n) is 6.27. The van der Waals surface area contributed by atoms with Crippen molar-refractivity contribution in [1.29, 1.82) is 0 Å². The van der Waals surface area contributed by atoms with Crippen LogP contribution in [0.2, 0.25) is 5.02 Å². The number of para-hydroxylation sites is 1. The van der Waals surface area contributed by atoms with E-state index in [9.17, 15) is 18.0 Å². The third-order valence-corrected chi connectivity index (χ3v) is 3.51. The number of likely N-dealkylation sites (tertiary alicyclic amines) is 1. The summed E-state index contributed by atoms with van der Waals surface area (Å²) < 4.78 is 38.6. The van der Waals surface area contributed by atoms with Gasteiger partial charge in [-0.2, -0.15) is 13.2 Å². The van der Waals surface area contributed by atoms with Gasteiger partial charge >= 0.3 is 6.18 Å². The number of anilines is 1. The molecule has 1 amide bonds. The molecule has 0 atom stereocenters. The highest BCUT2D eigenvalue weighted by atomic mass is 35.5. The van der Waals surface area contributed by atoms with E-state index in [0.29, 0.717) is 13.1 Å². The van der Waals surface area contributed by atoms with Crippen molar-refractivity contribution in [1.82, 2.24) is 4.90 Å². The van der Waals surface area contributed by atoms with Crippen molar-refractivity contribution in [2.75, 3.05) is 25.0 Å². The van der Waals surface area contributed by atoms with Crippen LogP contribution in [0.15, 0.2) is 18.2 Å². The van der Waals surface area contributed by atoms with E-state index in [4.69, 9.17) is 11.6 Å². The molecule has 0 aliphatic carbocycles. The van der Waals surface area contributed by atoms with E-state index in [1.165, 1.54) is 12.1 Å². The SMILES string of the molecule is O=C(CNc1c(Cl)cccc1C(F)(F)F)N1CCCC1. The molecule has 3 nitrogen and oxygen atoms in total. The molecule has 1 heterocycles. The quantitative estimate of drug-likeness (QED) is 0.928. The Morgan fingerprint density at radius 1 is 1.30 bits per heavy atom. The first-order chi connectivity index (χ1) is 9.39. The lowest BCUT2D eigenvalue weighted by molar-refractivity contribution is -0.137. The lowest BCUT2D eigenvalue weighted by atomic mass is 10.1. The van der Waals surface area contributed by atoms with Gasteiger partial charge in [0.15, 0.2) is 0 Å². The molecule has 7 heteroatoms. The van der Waals surface area contributed by atoms with E-state index in [0.717, 1.165) is 18.9 Å². The molecule has 1 N–H and O–H groups in total. The molecule has 1 fully saturated rings. The lowest BCUT2D eigenvalue weighted by Gasteiger charge is -2.19. The van der Waals surface area contributed by atoms with Crippen LogP contribution in [0.1, 0.15) is 18.4 Å². The number of amides is 1. The summed E-state index contributed by atoms with van der Waals surface area (Å²) in [6.45, 7) is 1.14. The summed E-state index contributed by atoms with van der Waals surface area (Å²) in [5.74, 6) is -0.212. The molecule has 1 aromatic carbocycles. The van der Waals surface area contributed by atoms with Gasteiger partial charge in [-0.1, -0.05) is 17.7 Å². The number of hydrogen-bond donors (Lipinski definition) is 1. The van der Waals surface area contributed by atoms with Crippen LogP contribution in [0.5, 0.6) is 0 Å². The summed E-state index contributed by atoms with van der Waals surface area (Å²) in [4.78, 5) is 13.5. The summed E-state index contributed by atoms with van der Waals surface area (Å²) in [5, 5.41) is 2.47. The molecule has 1 aromatic rings. The first-order valence-corrected chi connectivity index (χ1v) is 6.65. The average molecular weight is 307 g/mol. The van der Waals surface area contributed by atoms with Crippen LogP contribution in [-0.2, 0) is 11.0 Å². The third-order valence-electron chi connectivity index (χ3n) is 3.19. The number of nitrogens with zero attached hydrogens (tertiary/aromatic N) is 1. The van der Waals surface area contributed by atoms with Crippen LogP contribution < -0.4 is 5.32 Å². The number of halogens is 4. The highest BCUT2D eigenvalue weighted by Gasteiger charge is 2.34. The molecular weight excluding hydrogens is 293 g/mol. The molecular formula is C13H14ClF3N2O. The molecule has 0 unspecified atom stereocenters. The minimum Gasteiger partial charge on any atom is -0.374 e. The monoisotopic (exact) mass is 306 g/mol. The van der Waals surface area contributed by atoms with E-state index in [2.05, 4.69) is 5.32 Å². The smallest absolute Gasteiger partial charge is 0.374 e. The molecule has 0 saturated carbocycles. The third kappa shape index (κ3) is 3.36. The van der Waals surface area contributed by atoms with Gasteiger partial charge in [-0.05, 0) is 25.0 Å². The van der Waals surface area contributed by atoms with Gasteiger partial charge in [0.25, 0.3) is 0 Å². The van der Waals surface area contributed by atoms with Crippen molar-refractivity contribution in [3.8, 4) is 0 Å². The Kier molecular flexibility index (Phi) is 4.42. The standard InChI is InChI=1S/C13H14ClF3N2O/c14-10-5-3-4-9(13(15,16)17)12(10)18-8-11(20)19-6-1-2-7-19/h3-5,18H,1-2,6-8H2. The van der Waals surface area contributed by atoms with Crippen LogP contribution in [0.4, 0.5) is 18.9 Å². The minimum absolute atomic E-state index is 0.0472. The largest absolute Gasteiger partial charge is 0.418 e. The zero-order chi connectivity index (χ0) is 14.8. The van der Waals surface area contributed by atoms with Crippen LogP contribution in [-0.4, -0.2) is 30.4 Å². The molecule has 1 aliphatic heterocycles. The number of carbonyl (C=O) groups is 1. The van der Waals surface area contributed by atoms with Gasteiger partial charge in [-0.25, -0.2) is 0 Å². The second kappa shape index (κ2) is 5.91. The Morgan fingerprint density at radius 3 is 2.55 bits per heavy atom. The Labute approximate surface area is 119 Å². The molecule has 0 aromatic heterocycles.